The molecule has 1 unspecified atom stereocenters. The third-order valence-electron chi connectivity index (χ3n) is 4.10. The van der Waals surface area contributed by atoms with Gasteiger partial charge in [-0.2, -0.15) is 0 Å². The van der Waals surface area contributed by atoms with E-state index in [0.29, 0.717) is 19.4 Å². The maximum Gasteiger partial charge on any atom is 0.326 e. The zero-order chi connectivity index (χ0) is 16.4. The van der Waals surface area contributed by atoms with Crippen molar-refractivity contribution in [3.05, 3.63) is 58.0 Å². The summed E-state index contributed by atoms with van der Waals surface area (Å²) in [5.41, 5.74) is 1.96. The van der Waals surface area contributed by atoms with Gasteiger partial charge in [0, 0.05) is 30.3 Å². The van der Waals surface area contributed by atoms with Crippen LogP contribution in [0.5, 0.6) is 0 Å². The summed E-state index contributed by atoms with van der Waals surface area (Å²) in [6.07, 6.45) is 2.59. The number of hydrogen-bond donors (Lipinski definition) is 1. The summed E-state index contributed by atoms with van der Waals surface area (Å²) in [6, 6.07) is 8.48. The quantitative estimate of drug-likeness (QED) is 0.888. The molecule has 23 heavy (non-hydrogen) atoms. The van der Waals surface area contributed by atoms with Crippen molar-refractivity contribution >= 4 is 27.8 Å². The molecule has 0 aliphatic carbocycles. The summed E-state index contributed by atoms with van der Waals surface area (Å²) < 4.78 is 6.12. The highest BCUT2D eigenvalue weighted by Crippen LogP contribution is 2.30. The minimum Gasteiger partial charge on any atom is -0.480 e. The SMILES string of the molecule is O=C(O)C1Cc2c(Br)cccc2CN1C(=O)CCc1ccco1. The Bertz CT molecular complexity index is 726. The van der Waals surface area contributed by atoms with Crippen molar-refractivity contribution in [2.75, 3.05) is 0 Å². The number of carboxylic acids is 1. The van der Waals surface area contributed by atoms with Crippen molar-refractivity contribution in [1.29, 1.82) is 0 Å². The zero-order valence-electron chi connectivity index (χ0n) is 12.4. The molecule has 0 radical (unpaired) electrons. The molecule has 3 rings (SSSR count). The first-order valence-electron chi connectivity index (χ1n) is 7.37. The van der Waals surface area contributed by atoms with Gasteiger partial charge in [-0.1, -0.05) is 28.1 Å². The van der Waals surface area contributed by atoms with E-state index in [2.05, 4.69) is 15.9 Å². The van der Waals surface area contributed by atoms with E-state index in [-0.39, 0.29) is 12.3 Å². The Balaban J connectivity index is 1.79. The van der Waals surface area contributed by atoms with E-state index in [0.717, 1.165) is 21.4 Å². The minimum absolute atomic E-state index is 0.167. The Labute approximate surface area is 142 Å². The molecule has 6 heteroatoms. The molecule has 1 atom stereocenters. The van der Waals surface area contributed by atoms with E-state index >= 15 is 0 Å². The van der Waals surface area contributed by atoms with Gasteiger partial charge in [-0.05, 0) is 29.3 Å². The third-order valence-corrected chi connectivity index (χ3v) is 4.84. The minimum atomic E-state index is -0.974. The highest BCUT2D eigenvalue weighted by atomic mass is 79.9. The predicted molar refractivity (Wildman–Crippen MR) is 86.8 cm³/mol. The average Bonchev–Trinajstić information content (AvgIpc) is 3.05. The van der Waals surface area contributed by atoms with Gasteiger partial charge in [-0.25, -0.2) is 4.79 Å². The Morgan fingerprint density at radius 1 is 1.30 bits per heavy atom. The van der Waals surface area contributed by atoms with Crippen molar-refractivity contribution < 1.29 is 19.1 Å². The van der Waals surface area contributed by atoms with Crippen LogP contribution in [0.15, 0.2) is 45.5 Å². The van der Waals surface area contributed by atoms with Crippen LogP contribution in [0.3, 0.4) is 0 Å². The van der Waals surface area contributed by atoms with Gasteiger partial charge in [-0.15, -0.1) is 0 Å². The van der Waals surface area contributed by atoms with Crippen molar-refractivity contribution in [2.24, 2.45) is 0 Å². The van der Waals surface area contributed by atoms with E-state index < -0.39 is 12.0 Å². The number of carboxylic acid groups (broad SMARTS) is 1. The third kappa shape index (κ3) is 3.32. The molecule has 1 aromatic heterocycles. The van der Waals surface area contributed by atoms with Gasteiger partial charge in [0.1, 0.15) is 11.8 Å². The number of rotatable bonds is 4. The number of hydrogen-bond acceptors (Lipinski definition) is 3. The second kappa shape index (κ2) is 6.58. The lowest BCUT2D eigenvalue weighted by Gasteiger charge is -2.35. The summed E-state index contributed by atoms with van der Waals surface area (Å²) >= 11 is 3.46. The van der Waals surface area contributed by atoms with E-state index in [1.165, 1.54) is 4.90 Å². The first-order valence-corrected chi connectivity index (χ1v) is 8.16. The van der Waals surface area contributed by atoms with Gasteiger partial charge in [-0.3, -0.25) is 4.79 Å². The Kier molecular flexibility index (Phi) is 4.52. The van der Waals surface area contributed by atoms with E-state index in [1.807, 2.05) is 24.3 Å². The second-order valence-corrected chi connectivity index (χ2v) is 6.39. The Morgan fingerprint density at radius 3 is 2.83 bits per heavy atom. The lowest BCUT2D eigenvalue weighted by Crippen LogP contribution is -2.48. The molecule has 0 spiro atoms. The number of aryl methyl sites for hydroxylation is 1. The van der Waals surface area contributed by atoms with E-state index in [9.17, 15) is 14.7 Å². The Hall–Kier alpha value is -2.08. The second-order valence-electron chi connectivity index (χ2n) is 5.54. The maximum atomic E-state index is 12.5. The van der Waals surface area contributed by atoms with Crippen molar-refractivity contribution in [3.8, 4) is 0 Å². The number of aliphatic carboxylic acids is 1. The number of furan rings is 1. The van der Waals surface area contributed by atoms with Crippen LogP contribution in [0.4, 0.5) is 0 Å². The molecule has 1 N–H and O–H groups in total. The molecule has 0 bridgehead atoms. The fourth-order valence-electron chi connectivity index (χ4n) is 2.89. The van der Waals surface area contributed by atoms with Crippen molar-refractivity contribution in [2.45, 2.75) is 31.8 Å². The van der Waals surface area contributed by atoms with Gasteiger partial charge in [0.2, 0.25) is 5.91 Å². The molecular weight excluding hydrogens is 362 g/mol. The number of amides is 1. The number of halogens is 1. The van der Waals surface area contributed by atoms with Crippen LogP contribution in [0.2, 0.25) is 0 Å². The average molecular weight is 378 g/mol. The molecule has 0 saturated carbocycles. The molecule has 2 aromatic rings. The number of nitrogens with zero attached hydrogens (tertiary/aromatic N) is 1. The lowest BCUT2D eigenvalue weighted by molar-refractivity contribution is -0.151. The predicted octanol–water partition coefficient (Wildman–Crippen LogP) is 3.01. The van der Waals surface area contributed by atoms with Gasteiger partial charge >= 0.3 is 5.97 Å². The summed E-state index contributed by atoms with van der Waals surface area (Å²) in [4.78, 5) is 25.6. The van der Waals surface area contributed by atoms with Gasteiger partial charge in [0.15, 0.2) is 0 Å². The molecule has 1 aliphatic heterocycles. The molecule has 1 amide bonds. The van der Waals surface area contributed by atoms with Crippen LogP contribution in [0.1, 0.15) is 23.3 Å². The number of benzene rings is 1. The van der Waals surface area contributed by atoms with Crippen molar-refractivity contribution in [3.63, 3.8) is 0 Å². The topological polar surface area (TPSA) is 70.8 Å². The summed E-state index contributed by atoms with van der Waals surface area (Å²) in [6.45, 7) is 0.322. The van der Waals surface area contributed by atoms with Crippen LogP contribution in [-0.4, -0.2) is 27.9 Å². The Morgan fingerprint density at radius 2 is 2.13 bits per heavy atom. The number of carbonyl (C=O) groups excluding carboxylic acids is 1. The van der Waals surface area contributed by atoms with Gasteiger partial charge < -0.3 is 14.4 Å². The van der Waals surface area contributed by atoms with Crippen molar-refractivity contribution in [1.82, 2.24) is 4.90 Å². The largest absolute Gasteiger partial charge is 0.480 e. The highest BCUT2D eigenvalue weighted by molar-refractivity contribution is 9.10. The number of carbonyl (C=O) groups is 2. The first kappa shape index (κ1) is 15.8. The highest BCUT2D eigenvalue weighted by Gasteiger charge is 2.35. The molecule has 0 fully saturated rings. The van der Waals surface area contributed by atoms with E-state index in [4.69, 9.17) is 4.42 Å². The smallest absolute Gasteiger partial charge is 0.326 e. The molecule has 0 saturated heterocycles. The van der Waals surface area contributed by atoms with Gasteiger partial charge in [0.05, 0.1) is 6.26 Å². The molecule has 120 valence electrons. The molecular formula is C17H16BrNO4. The normalized spacial score (nSPS) is 16.9. The van der Waals surface area contributed by atoms with Gasteiger partial charge in [0.25, 0.3) is 0 Å². The van der Waals surface area contributed by atoms with Crippen LogP contribution in [0.25, 0.3) is 0 Å². The van der Waals surface area contributed by atoms with Crippen LogP contribution in [0, 0.1) is 0 Å². The lowest BCUT2D eigenvalue weighted by atomic mass is 9.93. The molecule has 1 aromatic carbocycles. The van der Waals surface area contributed by atoms with Crippen LogP contribution < -0.4 is 0 Å². The number of fused-ring (bicyclic) bond motifs is 1. The first-order chi connectivity index (χ1) is 11.1. The standard InChI is InChI=1S/C17H16BrNO4/c18-14-5-1-3-11-10-19(15(17(21)22)9-13(11)14)16(20)7-6-12-4-2-8-23-12/h1-5,8,15H,6-7,9-10H2,(H,21,22). The fraction of sp³-hybridized carbons (Fsp3) is 0.294. The molecule has 5 nitrogen and oxygen atoms in total. The summed E-state index contributed by atoms with van der Waals surface area (Å²) in [5, 5.41) is 9.50. The summed E-state index contributed by atoms with van der Waals surface area (Å²) in [5.74, 6) is -0.414. The van der Waals surface area contributed by atoms with Crippen LogP contribution >= 0.6 is 15.9 Å². The molecule has 1 aliphatic rings. The van der Waals surface area contributed by atoms with E-state index in [1.54, 1.807) is 12.3 Å². The zero-order valence-corrected chi connectivity index (χ0v) is 14.0. The van der Waals surface area contributed by atoms with Crippen LogP contribution in [-0.2, 0) is 29.0 Å². The monoisotopic (exact) mass is 377 g/mol. The molecule has 2 heterocycles. The summed E-state index contributed by atoms with van der Waals surface area (Å²) in [7, 11) is 0. The maximum absolute atomic E-state index is 12.5. The fourth-order valence-corrected chi connectivity index (χ4v) is 3.46.